The predicted molar refractivity (Wildman–Crippen MR) is 67.9 cm³/mol. The van der Waals surface area contributed by atoms with Crippen molar-refractivity contribution in [2.45, 2.75) is 0 Å². The predicted octanol–water partition coefficient (Wildman–Crippen LogP) is 1.09. The number of methoxy groups -OCH3 is 2. The van der Waals surface area contributed by atoms with Crippen molar-refractivity contribution < 1.29 is 14.2 Å². The summed E-state index contributed by atoms with van der Waals surface area (Å²) in [4.78, 5) is 0. The van der Waals surface area contributed by atoms with E-state index in [0.717, 1.165) is 17.2 Å². The van der Waals surface area contributed by atoms with Gasteiger partial charge in [-0.15, -0.1) is 0 Å². The first-order chi connectivity index (χ1) is 8.31. The third-order valence-corrected chi connectivity index (χ3v) is 2.19. The summed E-state index contributed by atoms with van der Waals surface area (Å²) in [6, 6.07) is 5.64. The van der Waals surface area contributed by atoms with Crippen LogP contribution in [-0.4, -0.2) is 40.5 Å². The Morgan fingerprint density at radius 2 is 2.06 bits per heavy atom. The van der Waals surface area contributed by atoms with Crippen molar-refractivity contribution in [1.29, 1.82) is 0 Å². The van der Waals surface area contributed by atoms with Crippen LogP contribution < -0.4 is 20.5 Å². The zero-order chi connectivity index (χ0) is 12.5. The highest BCUT2D eigenvalue weighted by molar-refractivity contribution is 5.59. The van der Waals surface area contributed by atoms with Crippen LogP contribution in [0.4, 0.5) is 5.69 Å². The van der Waals surface area contributed by atoms with Gasteiger partial charge in [0.1, 0.15) is 18.1 Å². The lowest BCUT2D eigenvalue weighted by molar-refractivity contribution is 0.146. The molecule has 1 aromatic carbocycles. The van der Waals surface area contributed by atoms with Crippen LogP contribution >= 0.6 is 0 Å². The molecule has 5 nitrogen and oxygen atoms in total. The topological polar surface area (TPSA) is 65.7 Å². The number of nitrogens with one attached hydrogen (secondary N) is 1. The first kappa shape index (κ1) is 13.6. The Bertz CT molecular complexity index is 332. The van der Waals surface area contributed by atoms with Crippen molar-refractivity contribution in [2.75, 3.05) is 45.8 Å². The normalized spacial score (nSPS) is 10.1. The quantitative estimate of drug-likeness (QED) is 0.666. The highest BCUT2D eigenvalue weighted by Gasteiger charge is 2.04. The fourth-order valence-corrected chi connectivity index (χ4v) is 1.36. The number of hydrogen-bond acceptors (Lipinski definition) is 5. The van der Waals surface area contributed by atoms with Crippen LogP contribution in [0.3, 0.4) is 0 Å². The van der Waals surface area contributed by atoms with E-state index >= 15 is 0 Å². The van der Waals surface area contributed by atoms with Gasteiger partial charge in [-0.2, -0.15) is 0 Å². The zero-order valence-electron chi connectivity index (χ0n) is 10.4. The fourth-order valence-electron chi connectivity index (χ4n) is 1.36. The molecule has 0 aromatic heterocycles. The van der Waals surface area contributed by atoms with Gasteiger partial charge in [0.05, 0.1) is 19.4 Å². The average Bonchev–Trinajstić information content (AvgIpc) is 2.37. The molecule has 0 fully saturated rings. The van der Waals surface area contributed by atoms with Crippen LogP contribution in [0.1, 0.15) is 0 Å². The van der Waals surface area contributed by atoms with Gasteiger partial charge >= 0.3 is 0 Å². The second-order valence-corrected chi connectivity index (χ2v) is 3.42. The average molecular weight is 240 g/mol. The molecule has 0 atom stereocenters. The number of nitrogens with two attached hydrogens (primary N) is 1. The van der Waals surface area contributed by atoms with Crippen molar-refractivity contribution in [3.05, 3.63) is 18.2 Å². The molecule has 0 aliphatic carbocycles. The molecular formula is C12H20N2O3. The van der Waals surface area contributed by atoms with E-state index < -0.39 is 0 Å². The lowest BCUT2D eigenvalue weighted by atomic mass is 10.2. The number of hydrogen-bond donors (Lipinski definition) is 2. The molecule has 0 bridgehead atoms. The van der Waals surface area contributed by atoms with E-state index in [1.807, 2.05) is 18.2 Å². The molecular weight excluding hydrogens is 220 g/mol. The Morgan fingerprint density at radius 1 is 1.24 bits per heavy atom. The van der Waals surface area contributed by atoms with Gasteiger partial charge in [-0.05, 0) is 12.1 Å². The molecule has 0 aliphatic rings. The molecule has 0 spiro atoms. The van der Waals surface area contributed by atoms with E-state index in [9.17, 15) is 0 Å². The third kappa shape index (κ3) is 4.50. The Hall–Kier alpha value is -1.46. The largest absolute Gasteiger partial charge is 0.494 e. The second-order valence-electron chi connectivity index (χ2n) is 3.42. The smallest absolute Gasteiger partial charge is 0.145 e. The Balaban J connectivity index is 2.63. The molecule has 0 unspecified atom stereocenters. The first-order valence-electron chi connectivity index (χ1n) is 5.55. The number of ether oxygens (including phenoxy) is 3. The molecule has 1 rings (SSSR count). The minimum atomic E-state index is 0.523. The summed E-state index contributed by atoms with van der Waals surface area (Å²) in [6.45, 7) is 2.38. The van der Waals surface area contributed by atoms with Crippen LogP contribution in [0.15, 0.2) is 18.2 Å². The Labute approximate surface area is 102 Å². The van der Waals surface area contributed by atoms with E-state index in [1.54, 1.807) is 14.2 Å². The molecule has 0 aliphatic heterocycles. The van der Waals surface area contributed by atoms with Crippen molar-refractivity contribution in [3.8, 4) is 11.5 Å². The SMILES string of the molecule is COCCOc1ccc(NCCN)c(OC)c1. The van der Waals surface area contributed by atoms with E-state index in [1.165, 1.54) is 0 Å². The van der Waals surface area contributed by atoms with Gasteiger partial charge in [-0.1, -0.05) is 0 Å². The lowest BCUT2D eigenvalue weighted by Crippen LogP contribution is -2.13. The van der Waals surface area contributed by atoms with Crippen molar-refractivity contribution in [3.63, 3.8) is 0 Å². The molecule has 5 heteroatoms. The first-order valence-corrected chi connectivity index (χ1v) is 5.55. The minimum absolute atomic E-state index is 0.523. The van der Waals surface area contributed by atoms with Crippen molar-refractivity contribution >= 4 is 5.69 Å². The molecule has 0 saturated heterocycles. The maximum atomic E-state index is 5.49. The van der Waals surface area contributed by atoms with E-state index in [0.29, 0.717) is 26.3 Å². The maximum absolute atomic E-state index is 5.49. The summed E-state index contributed by atoms with van der Waals surface area (Å²) < 4.78 is 15.7. The van der Waals surface area contributed by atoms with Gasteiger partial charge < -0.3 is 25.3 Å². The lowest BCUT2D eigenvalue weighted by Gasteiger charge is -2.12. The van der Waals surface area contributed by atoms with Crippen LogP contribution in [-0.2, 0) is 4.74 Å². The van der Waals surface area contributed by atoms with E-state index in [2.05, 4.69) is 5.32 Å². The molecule has 0 saturated carbocycles. The summed E-state index contributed by atoms with van der Waals surface area (Å²) in [5.41, 5.74) is 6.35. The van der Waals surface area contributed by atoms with Crippen LogP contribution in [0.5, 0.6) is 11.5 Å². The van der Waals surface area contributed by atoms with Crippen molar-refractivity contribution in [2.24, 2.45) is 5.73 Å². The second kappa shape index (κ2) is 7.76. The Morgan fingerprint density at radius 3 is 2.71 bits per heavy atom. The highest BCUT2D eigenvalue weighted by Crippen LogP contribution is 2.28. The van der Waals surface area contributed by atoms with Crippen LogP contribution in [0.25, 0.3) is 0 Å². The van der Waals surface area contributed by atoms with E-state index in [4.69, 9.17) is 19.9 Å². The Kier molecular flexibility index (Phi) is 6.21. The highest BCUT2D eigenvalue weighted by atomic mass is 16.5. The van der Waals surface area contributed by atoms with Gasteiger partial charge in [-0.3, -0.25) is 0 Å². The van der Waals surface area contributed by atoms with Gasteiger partial charge in [0.25, 0.3) is 0 Å². The maximum Gasteiger partial charge on any atom is 0.145 e. The summed E-state index contributed by atoms with van der Waals surface area (Å²) in [7, 11) is 3.27. The molecule has 17 heavy (non-hydrogen) atoms. The number of anilines is 1. The van der Waals surface area contributed by atoms with Crippen LogP contribution in [0.2, 0.25) is 0 Å². The monoisotopic (exact) mass is 240 g/mol. The molecule has 3 N–H and O–H groups in total. The summed E-state index contributed by atoms with van der Waals surface area (Å²) in [5, 5.41) is 3.18. The number of benzene rings is 1. The van der Waals surface area contributed by atoms with Gasteiger partial charge in [0.15, 0.2) is 0 Å². The molecule has 1 aromatic rings. The molecule has 0 heterocycles. The summed E-state index contributed by atoms with van der Waals surface area (Å²) in [5.74, 6) is 1.51. The number of rotatable bonds is 8. The molecule has 0 amide bonds. The van der Waals surface area contributed by atoms with E-state index in [-0.39, 0.29) is 0 Å². The molecule has 0 radical (unpaired) electrons. The zero-order valence-corrected chi connectivity index (χ0v) is 10.4. The minimum Gasteiger partial charge on any atom is -0.494 e. The van der Waals surface area contributed by atoms with Crippen molar-refractivity contribution in [1.82, 2.24) is 0 Å². The van der Waals surface area contributed by atoms with Gasteiger partial charge in [-0.25, -0.2) is 0 Å². The van der Waals surface area contributed by atoms with Crippen LogP contribution in [0, 0.1) is 0 Å². The molecule has 96 valence electrons. The third-order valence-electron chi connectivity index (χ3n) is 2.19. The summed E-state index contributed by atoms with van der Waals surface area (Å²) in [6.07, 6.45) is 0. The summed E-state index contributed by atoms with van der Waals surface area (Å²) >= 11 is 0. The van der Waals surface area contributed by atoms with Gasteiger partial charge in [0.2, 0.25) is 0 Å². The standard InChI is InChI=1S/C12H20N2O3/c1-15-7-8-17-10-3-4-11(14-6-5-13)12(9-10)16-2/h3-4,9,14H,5-8,13H2,1-2H3. The fraction of sp³-hybridized carbons (Fsp3) is 0.500. The van der Waals surface area contributed by atoms with Gasteiger partial charge in [0, 0.05) is 26.3 Å².